The Morgan fingerprint density at radius 1 is 1.09 bits per heavy atom. The summed E-state index contributed by atoms with van der Waals surface area (Å²) in [5.74, 6) is 2.67. The van der Waals surface area contributed by atoms with Gasteiger partial charge in [-0.2, -0.15) is 5.10 Å². The van der Waals surface area contributed by atoms with Gasteiger partial charge in [0.1, 0.15) is 18.1 Å². The fourth-order valence-corrected chi connectivity index (χ4v) is 1.99. The Bertz CT molecular complexity index is 753. The van der Waals surface area contributed by atoms with Crippen molar-refractivity contribution < 1.29 is 9.47 Å². The average molecular weight is 296 g/mol. The third-order valence-electron chi connectivity index (χ3n) is 3.16. The fraction of sp³-hybridized carbons (Fsp3) is 0.125. The maximum Gasteiger partial charge on any atom is 0.181 e. The SMILES string of the molecule is COc1ccc(-c2n[nH]c(COc3ccccc3N)n2)cc1. The van der Waals surface area contributed by atoms with Crippen molar-refractivity contribution in [1.29, 1.82) is 0 Å². The monoisotopic (exact) mass is 296 g/mol. The second kappa shape index (κ2) is 6.17. The normalized spacial score (nSPS) is 10.4. The third-order valence-corrected chi connectivity index (χ3v) is 3.16. The van der Waals surface area contributed by atoms with Gasteiger partial charge in [0, 0.05) is 5.56 Å². The van der Waals surface area contributed by atoms with Crippen LogP contribution in [-0.2, 0) is 6.61 Å². The first-order chi connectivity index (χ1) is 10.8. The van der Waals surface area contributed by atoms with E-state index in [4.69, 9.17) is 15.2 Å². The first-order valence-electron chi connectivity index (χ1n) is 6.79. The summed E-state index contributed by atoms with van der Waals surface area (Å²) in [6.07, 6.45) is 0. The highest BCUT2D eigenvalue weighted by Gasteiger charge is 2.07. The van der Waals surface area contributed by atoms with Gasteiger partial charge >= 0.3 is 0 Å². The van der Waals surface area contributed by atoms with E-state index in [-0.39, 0.29) is 6.61 Å². The number of para-hydroxylation sites is 2. The summed E-state index contributed by atoms with van der Waals surface area (Å²) in [7, 11) is 1.63. The van der Waals surface area contributed by atoms with Gasteiger partial charge in [0.15, 0.2) is 11.6 Å². The number of hydrogen-bond acceptors (Lipinski definition) is 5. The molecule has 0 spiro atoms. The van der Waals surface area contributed by atoms with Crippen molar-refractivity contribution in [3.05, 3.63) is 54.4 Å². The van der Waals surface area contributed by atoms with Gasteiger partial charge in [-0.25, -0.2) is 4.98 Å². The molecular formula is C16H16N4O2. The minimum absolute atomic E-state index is 0.275. The Labute approximate surface area is 127 Å². The second-order valence-corrected chi connectivity index (χ2v) is 4.66. The van der Waals surface area contributed by atoms with E-state index in [1.165, 1.54) is 0 Å². The first kappa shape index (κ1) is 13.9. The minimum atomic E-state index is 0.275. The molecule has 6 heteroatoms. The molecule has 0 saturated carbocycles. The largest absolute Gasteiger partial charge is 0.497 e. The number of methoxy groups -OCH3 is 1. The van der Waals surface area contributed by atoms with Crippen LogP contribution in [0, 0.1) is 0 Å². The van der Waals surface area contributed by atoms with Crippen LogP contribution in [0.15, 0.2) is 48.5 Å². The van der Waals surface area contributed by atoms with Gasteiger partial charge in [0.25, 0.3) is 0 Å². The van der Waals surface area contributed by atoms with Crippen LogP contribution in [0.2, 0.25) is 0 Å². The van der Waals surface area contributed by atoms with Crippen LogP contribution in [0.5, 0.6) is 11.5 Å². The van der Waals surface area contributed by atoms with Crippen molar-refractivity contribution in [2.24, 2.45) is 0 Å². The zero-order valence-corrected chi connectivity index (χ0v) is 12.1. The topological polar surface area (TPSA) is 86.0 Å². The average Bonchev–Trinajstić information content (AvgIpc) is 3.03. The molecule has 3 N–H and O–H groups in total. The van der Waals surface area contributed by atoms with Crippen LogP contribution < -0.4 is 15.2 Å². The zero-order valence-electron chi connectivity index (χ0n) is 12.1. The van der Waals surface area contributed by atoms with E-state index in [0.29, 0.717) is 23.1 Å². The van der Waals surface area contributed by atoms with Crippen LogP contribution in [-0.4, -0.2) is 22.3 Å². The first-order valence-corrected chi connectivity index (χ1v) is 6.79. The van der Waals surface area contributed by atoms with Gasteiger partial charge in [-0.3, -0.25) is 5.10 Å². The molecule has 0 aliphatic carbocycles. The number of aromatic nitrogens is 3. The number of nitrogens with zero attached hydrogens (tertiary/aromatic N) is 2. The van der Waals surface area contributed by atoms with Crippen LogP contribution in [0.4, 0.5) is 5.69 Å². The van der Waals surface area contributed by atoms with Crippen molar-refractivity contribution in [2.45, 2.75) is 6.61 Å². The van der Waals surface area contributed by atoms with Crippen molar-refractivity contribution in [1.82, 2.24) is 15.2 Å². The molecular weight excluding hydrogens is 280 g/mol. The number of nitrogen functional groups attached to an aromatic ring is 1. The van der Waals surface area contributed by atoms with Crippen molar-refractivity contribution >= 4 is 5.69 Å². The maximum absolute atomic E-state index is 5.83. The molecule has 0 radical (unpaired) electrons. The number of rotatable bonds is 5. The zero-order chi connectivity index (χ0) is 15.4. The molecule has 1 heterocycles. The molecule has 0 saturated heterocycles. The molecule has 0 bridgehead atoms. The summed E-state index contributed by atoms with van der Waals surface area (Å²) in [6, 6.07) is 14.9. The lowest BCUT2D eigenvalue weighted by Gasteiger charge is -2.06. The molecule has 3 rings (SSSR count). The van der Waals surface area contributed by atoms with E-state index in [2.05, 4.69) is 15.2 Å². The highest BCUT2D eigenvalue weighted by atomic mass is 16.5. The number of aromatic amines is 1. The van der Waals surface area contributed by atoms with E-state index in [1.54, 1.807) is 13.2 Å². The number of anilines is 1. The van der Waals surface area contributed by atoms with E-state index < -0.39 is 0 Å². The number of nitrogens with two attached hydrogens (primary N) is 1. The number of nitrogens with one attached hydrogen (secondary N) is 1. The van der Waals surface area contributed by atoms with Crippen molar-refractivity contribution in [3.8, 4) is 22.9 Å². The number of hydrogen-bond donors (Lipinski definition) is 2. The summed E-state index contributed by atoms with van der Waals surface area (Å²) in [6.45, 7) is 0.275. The van der Waals surface area contributed by atoms with Crippen LogP contribution in [0.1, 0.15) is 5.82 Å². The molecule has 0 amide bonds. The molecule has 0 atom stereocenters. The molecule has 3 aromatic rings. The summed E-state index contributed by atoms with van der Waals surface area (Å²) >= 11 is 0. The lowest BCUT2D eigenvalue weighted by Crippen LogP contribution is -2.00. The van der Waals surface area contributed by atoms with E-state index >= 15 is 0 Å². The smallest absolute Gasteiger partial charge is 0.181 e. The summed E-state index contributed by atoms with van der Waals surface area (Å²) in [5, 5.41) is 7.05. The predicted octanol–water partition coefficient (Wildman–Crippen LogP) is 2.64. The van der Waals surface area contributed by atoms with Gasteiger partial charge < -0.3 is 15.2 Å². The van der Waals surface area contributed by atoms with Crippen LogP contribution in [0.3, 0.4) is 0 Å². The second-order valence-electron chi connectivity index (χ2n) is 4.66. The number of benzene rings is 2. The summed E-state index contributed by atoms with van der Waals surface area (Å²) in [5.41, 5.74) is 7.33. The maximum atomic E-state index is 5.83. The summed E-state index contributed by atoms with van der Waals surface area (Å²) < 4.78 is 10.8. The number of ether oxygens (including phenoxy) is 2. The molecule has 2 aromatic carbocycles. The highest BCUT2D eigenvalue weighted by Crippen LogP contribution is 2.22. The Hall–Kier alpha value is -3.02. The Morgan fingerprint density at radius 2 is 1.86 bits per heavy atom. The summed E-state index contributed by atoms with van der Waals surface area (Å²) in [4.78, 5) is 4.41. The van der Waals surface area contributed by atoms with Gasteiger partial charge in [-0.15, -0.1) is 0 Å². The molecule has 6 nitrogen and oxygen atoms in total. The van der Waals surface area contributed by atoms with Crippen LogP contribution >= 0.6 is 0 Å². The third kappa shape index (κ3) is 3.01. The molecule has 22 heavy (non-hydrogen) atoms. The van der Waals surface area contributed by atoms with Crippen molar-refractivity contribution in [3.63, 3.8) is 0 Å². The van der Waals surface area contributed by atoms with Gasteiger partial charge in [0.2, 0.25) is 0 Å². The Kier molecular flexibility index (Phi) is 3.91. The van der Waals surface area contributed by atoms with Gasteiger partial charge in [-0.05, 0) is 36.4 Å². The molecule has 0 unspecified atom stereocenters. The van der Waals surface area contributed by atoms with E-state index in [0.717, 1.165) is 11.3 Å². The molecule has 1 aromatic heterocycles. The van der Waals surface area contributed by atoms with E-state index in [9.17, 15) is 0 Å². The highest BCUT2D eigenvalue weighted by molar-refractivity contribution is 5.56. The molecule has 0 aliphatic heterocycles. The predicted molar refractivity (Wildman–Crippen MR) is 83.6 cm³/mol. The minimum Gasteiger partial charge on any atom is -0.497 e. The fourth-order valence-electron chi connectivity index (χ4n) is 1.99. The Balaban J connectivity index is 1.69. The van der Waals surface area contributed by atoms with Gasteiger partial charge in [-0.1, -0.05) is 12.1 Å². The van der Waals surface area contributed by atoms with E-state index in [1.807, 2.05) is 42.5 Å². The lowest BCUT2D eigenvalue weighted by atomic mass is 10.2. The van der Waals surface area contributed by atoms with Crippen molar-refractivity contribution in [2.75, 3.05) is 12.8 Å². The quantitative estimate of drug-likeness (QED) is 0.707. The van der Waals surface area contributed by atoms with Gasteiger partial charge in [0.05, 0.1) is 12.8 Å². The Morgan fingerprint density at radius 3 is 2.59 bits per heavy atom. The standard InChI is InChI=1S/C16H16N4O2/c1-21-12-8-6-11(7-9-12)16-18-15(19-20-16)10-22-14-5-3-2-4-13(14)17/h2-9H,10,17H2,1H3,(H,18,19,20). The molecule has 112 valence electrons. The number of H-pyrrole nitrogens is 1. The lowest BCUT2D eigenvalue weighted by molar-refractivity contribution is 0.298. The molecule has 0 aliphatic rings. The molecule has 0 fully saturated rings. The van der Waals surface area contributed by atoms with Crippen LogP contribution in [0.25, 0.3) is 11.4 Å².